The SMILES string of the molecule is CNC(CCN1CCCC(C)CC1)c1cccc(Cl)c1. The molecule has 2 nitrogen and oxygen atoms in total. The van der Waals surface area contributed by atoms with Gasteiger partial charge in [0.05, 0.1) is 0 Å². The van der Waals surface area contributed by atoms with E-state index in [0.717, 1.165) is 17.4 Å². The normalized spacial score (nSPS) is 22.4. The summed E-state index contributed by atoms with van der Waals surface area (Å²) in [4.78, 5) is 2.62. The number of hydrogen-bond donors (Lipinski definition) is 1. The zero-order valence-corrected chi connectivity index (χ0v) is 13.5. The van der Waals surface area contributed by atoms with Gasteiger partial charge >= 0.3 is 0 Å². The zero-order chi connectivity index (χ0) is 14.4. The van der Waals surface area contributed by atoms with E-state index in [9.17, 15) is 0 Å². The van der Waals surface area contributed by atoms with Crippen molar-refractivity contribution in [3.05, 3.63) is 34.9 Å². The molecule has 20 heavy (non-hydrogen) atoms. The lowest BCUT2D eigenvalue weighted by atomic mass is 10.0. The zero-order valence-electron chi connectivity index (χ0n) is 12.7. The van der Waals surface area contributed by atoms with Gasteiger partial charge in [-0.1, -0.05) is 30.7 Å². The van der Waals surface area contributed by atoms with Gasteiger partial charge in [0, 0.05) is 11.1 Å². The van der Waals surface area contributed by atoms with Crippen molar-refractivity contribution < 1.29 is 0 Å². The molecule has 0 aromatic heterocycles. The molecule has 1 aliphatic heterocycles. The molecule has 3 heteroatoms. The second-order valence-corrected chi connectivity index (χ2v) is 6.50. The molecule has 1 heterocycles. The molecule has 1 N–H and O–H groups in total. The summed E-state index contributed by atoms with van der Waals surface area (Å²) in [7, 11) is 2.04. The molecule has 1 saturated heterocycles. The van der Waals surface area contributed by atoms with Crippen LogP contribution in [0.5, 0.6) is 0 Å². The molecule has 0 spiro atoms. The van der Waals surface area contributed by atoms with E-state index in [4.69, 9.17) is 11.6 Å². The monoisotopic (exact) mass is 294 g/mol. The van der Waals surface area contributed by atoms with Gasteiger partial charge < -0.3 is 10.2 Å². The van der Waals surface area contributed by atoms with Gasteiger partial charge in [0.2, 0.25) is 0 Å². The second kappa shape index (κ2) is 8.02. The van der Waals surface area contributed by atoms with Crippen LogP contribution in [0.15, 0.2) is 24.3 Å². The van der Waals surface area contributed by atoms with Crippen LogP contribution in [0.4, 0.5) is 0 Å². The van der Waals surface area contributed by atoms with Gasteiger partial charge in [-0.2, -0.15) is 0 Å². The smallest absolute Gasteiger partial charge is 0.0409 e. The van der Waals surface area contributed by atoms with E-state index in [1.54, 1.807) is 0 Å². The van der Waals surface area contributed by atoms with Crippen molar-refractivity contribution in [1.29, 1.82) is 0 Å². The Balaban J connectivity index is 1.87. The third-order valence-corrected chi connectivity index (χ3v) is 4.68. The minimum absolute atomic E-state index is 0.398. The number of nitrogens with zero attached hydrogens (tertiary/aromatic N) is 1. The summed E-state index contributed by atoms with van der Waals surface area (Å²) in [5.74, 6) is 0.896. The van der Waals surface area contributed by atoms with Crippen molar-refractivity contribution in [3.63, 3.8) is 0 Å². The molecule has 0 bridgehead atoms. The maximum absolute atomic E-state index is 6.09. The summed E-state index contributed by atoms with van der Waals surface area (Å²) in [6.07, 6.45) is 5.23. The largest absolute Gasteiger partial charge is 0.313 e. The predicted octanol–water partition coefficient (Wildman–Crippen LogP) is 4.11. The molecule has 0 amide bonds. The Bertz CT molecular complexity index is 408. The van der Waals surface area contributed by atoms with E-state index in [2.05, 4.69) is 29.3 Å². The summed E-state index contributed by atoms with van der Waals surface area (Å²) in [6.45, 7) is 6.07. The number of rotatable bonds is 5. The van der Waals surface area contributed by atoms with Gasteiger partial charge in [-0.25, -0.2) is 0 Å². The molecule has 0 radical (unpaired) electrons. The third kappa shape index (κ3) is 4.76. The molecule has 0 aliphatic carbocycles. The van der Waals surface area contributed by atoms with Crippen molar-refractivity contribution in [1.82, 2.24) is 10.2 Å². The van der Waals surface area contributed by atoms with E-state index in [-0.39, 0.29) is 0 Å². The van der Waals surface area contributed by atoms with Gasteiger partial charge in [0.25, 0.3) is 0 Å². The van der Waals surface area contributed by atoms with Gasteiger partial charge in [-0.3, -0.25) is 0 Å². The predicted molar refractivity (Wildman–Crippen MR) is 87.3 cm³/mol. The van der Waals surface area contributed by atoms with Crippen LogP contribution in [-0.2, 0) is 0 Å². The summed E-state index contributed by atoms with van der Waals surface area (Å²) in [5.41, 5.74) is 1.29. The summed E-state index contributed by atoms with van der Waals surface area (Å²) >= 11 is 6.09. The van der Waals surface area contributed by atoms with Crippen LogP contribution in [0, 0.1) is 5.92 Å². The Morgan fingerprint density at radius 1 is 1.35 bits per heavy atom. The molecule has 2 atom stereocenters. The fraction of sp³-hybridized carbons (Fsp3) is 0.647. The molecule has 1 fully saturated rings. The first-order valence-electron chi connectivity index (χ1n) is 7.84. The minimum Gasteiger partial charge on any atom is -0.313 e. The van der Waals surface area contributed by atoms with Crippen LogP contribution in [0.3, 0.4) is 0 Å². The first kappa shape index (κ1) is 15.8. The maximum atomic E-state index is 6.09. The number of nitrogens with one attached hydrogen (secondary N) is 1. The molecule has 112 valence electrons. The van der Waals surface area contributed by atoms with Gasteiger partial charge in [-0.15, -0.1) is 0 Å². The van der Waals surface area contributed by atoms with Crippen molar-refractivity contribution in [3.8, 4) is 0 Å². The number of benzene rings is 1. The topological polar surface area (TPSA) is 15.3 Å². The van der Waals surface area contributed by atoms with Crippen molar-refractivity contribution in [2.45, 2.75) is 38.6 Å². The van der Waals surface area contributed by atoms with Gasteiger partial charge in [-0.05, 0) is 76.0 Å². The van der Waals surface area contributed by atoms with Crippen LogP contribution < -0.4 is 5.32 Å². The minimum atomic E-state index is 0.398. The number of likely N-dealkylation sites (tertiary alicyclic amines) is 1. The van der Waals surface area contributed by atoms with E-state index in [1.807, 2.05) is 19.2 Å². The van der Waals surface area contributed by atoms with Crippen LogP contribution in [0.2, 0.25) is 5.02 Å². The second-order valence-electron chi connectivity index (χ2n) is 6.06. The van der Waals surface area contributed by atoms with Crippen LogP contribution >= 0.6 is 11.6 Å². The average Bonchev–Trinajstić information content (AvgIpc) is 2.64. The van der Waals surface area contributed by atoms with Crippen LogP contribution in [0.1, 0.15) is 44.2 Å². The molecular formula is C17H27ClN2. The Morgan fingerprint density at radius 2 is 2.20 bits per heavy atom. The summed E-state index contributed by atoms with van der Waals surface area (Å²) in [5, 5.41) is 4.25. The van der Waals surface area contributed by atoms with Crippen molar-refractivity contribution in [2.75, 3.05) is 26.7 Å². The molecule has 0 saturated carbocycles. The lowest BCUT2D eigenvalue weighted by Gasteiger charge is -2.24. The summed E-state index contributed by atoms with van der Waals surface area (Å²) < 4.78 is 0. The first-order chi connectivity index (χ1) is 9.69. The third-order valence-electron chi connectivity index (χ3n) is 4.44. The highest BCUT2D eigenvalue weighted by Crippen LogP contribution is 2.22. The average molecular weight is 295 g/mol. The molecule has 2 rings (SSSR count). The van der Waals surface area contributed by atoms with E-state index in [0.29, 0.717) is 6.04 Å². The Kier molecular flexibility index (Phi) is 6.34. The van der Waals surface area contributed by atoms with E-state index >= 15 is 0 Å². The van der Waals surface area contributed by atoms with Crippen molar-refractivity contribution in [2.24, 2.45) is 5.92 Å². The molecular weight excluding hydrogens is 268 g/mol. The van der Waals surface area contributed by atoms with Gasteiger partial charge in [0.15, 0.2) is 0 Å². The fourth-order valence-corrected chi connectivity index (χ4v) is 3.26. The fourth-order valence-electron chi connectivity index (χ4n) is 3.06. The van der Waals surface area contributed by atoms with Gasteiger partial charge in [0.1, 0.15) is 0 Å². The maximum Gasteiger partial charge on any atom is 0.0409 e. The highest BCUT2D eigenvalue weighted by atomic mass is 35.5. The quantitative estimate of drug-likeness (QED) is 0.879. The lowest BCUT2D eigenvalue weighted by Crippen LogP contribution is -2.29. The number of hydrogen-bond acceptors (Lipinski definition) is 2. The Labute approximate surface area is 128 Å². The standard InChI is InChI=1S/C17H27ClN2/c1-14-5-4-10-20(11-8-14)12-9-17(19-2)15-6-3-7-16(18)13-15/h3,6-7,13-14,17,19H,4-5,8-12H2,1-2H3. The van der Waals surface area contributed by atoms with Crippen LogP contribution in [0.25, 0.3) is 0 Å². The number of halogens is 1. The highest BCUT2D eigenvalue weighted by molar-refractivity contribution is 6.30. The van der Waals surface area contributed by atoms with E-state index in [1.165, 1.54) is 44.5 Å². The summed E-state index contributed by atoms with van der Waals surface area (Å²) in [6, 6.07) is 8.61. The molecule has 1 aromatic carbocycles. The van der Waals surface area contributed by atoms with Crippen LogP contribution in [-0.4, -0.2) is 31.6 Å². The first-order valence-corrected chi connectivity index (χ1v) is 8.22. The Hall–Kier alpha value is -0.570. The molecule has 1 aromatic rings. The highest BCUT2D eigenvalue weighted by Gasteiger charge is 2.16. The molecule has 1 aliphatic rings. The molecule has 2 unspecified atom stereocenters. The Morgan fingerprint density at radius 3 is 2.95 bits per heavy atom. The van der Waals surface area contributed by atoms with Crippen molar-refractivity contribution >= 4 is 11.6 Å². The van der Waals surface area contributed by atoms with E-state index < -0.39 is 0 Å². The lowest BCUT2D eigenvalue weighted by molar-refractivity contribution is 0.265.